The number of aromatic hydroxyl groups is 1. The molecular weight excluding hydrogens is 234 g/mol. The SMILES string of the molecule is Cn1ncc(CNC(=O)c2ncccc2O)c1N. The summed E-state index contributed by atoms with van der Waals surface area (Å²) in [5.41, 5.74) is 6.44. The molecule has 2 rings (SSSR count). The number of aromatic nitrogens is 3. The molecule has 0 spiro atoms. The van der Waals surface area contributed by atoms with Gasteiger partial charge < -0.3 is 16.2 Å². The van der Waals surface area contributed by atoms with Crippen LogP contribution in [0.5, 0.6) is 5.75 Å². The first-order valence-electron chi connectivity index (χ1n) is 5.28. The summed E-state index contributed by atoms with van der Waals surface area (Å²) in [4.78, 5) is 15.6. The average molecular weight is 247 g/mol. The monoisotopic (exact) mass is 247 g/mol. The van der Waals surface area contributed by atoms with Crippen LogP contribution in [-0.4, -0.2) is 25.8 Å². The molecule has 0 unspecified atom stereocenters. The summed E-state index contributed by atoms with van der Waals surface area (Å²) in [6.07, 6.45) is 3.01. The first-order valence-corrected chi connectivity index (χ1v) is 5.28. The Morgan fingerprint density at radius 2 is 2.39 bits per heavy atom. The van der Waals surface area contributed by atoms with Crippen molar-refractivity contribution < 1.29 is 9.90 Å². The second-order valence-electron chi connectivity index (χ2n) is 3.73. The summed E-state index contributed by atoms with van der Waals surface area (Å²) in [6, 6.07) is 2.95. The van der Waals surface area contributed by atoms with Gasteiger partial charge in [0.1, 0.15) is 11.6 Å². The summed E-state index contributed by atoms with van der Waals surface area (Å²) in [5.74, 6) is -0.133. The summed E-state index contributed by atoms with van der Waals surface area (Å²) in [6.45, 7) is 0.231. The average Bonchev–Trinajstić information content (AvgIpc) is 2.68. The van der Waals surface area contributed by atoms with Gasteiger partial charge in [0.15, 0.2) is 5.69 Å². The molecule has 0 aliphatic heterocycles. The number of carbonyl (C=O) groups is 1. The Kier molecular flexibility index (Phi) is 3.13. The maximum Gasteiger partial charge on any atom is 0.274 e. The smallest absolute Gasteiger partial charge is 0.274 e. The van der Waals surface area contributed by atoms with E-state index in [9.17, 15) is 9.90 Å². The maximum absolute atomic E-state index is 11.8. The van der Waals surface area contributed by atoms with E-state index in [1.54, 1.807) is 19.3 Å². The van der Waals surface area contributed by atoms with Gasteiger partial charge in [-0.05, 0) is 12.1 Å². The van der Waals surface area contributed by atoms with E-state index in [0.717, 1.165) is 0 Å². The Bertz CT molecular complexity index is 579. The minimum absolute atomic E-state index is 0.0139. The number of pyridine rings is 1. The van der Waals surface area contributed by atoms with Crippen LogP contribution in [0.4, 0.5) is 5.82 Å². The minimum atomic E-state index is -0.462. The van der Waals surface area contributed by atoms with Gasteiger partial charge in [-0.15, -0.1) is 0 Å². The van der Waals surface area contributed by atoms with Crippen molar-refractivity contribution in [3.63, 3.8) is 0 Å². The number of anilines is 1. The van der Waals surface area contributed by atoms with E-state index >= 15 is 0 Å². The minimum Gasteiger partial charge on any atom is -0.505 e. The Hall–Kier alpha value is -2.57. The fraction of sp³-hybridized carbons (Fsp3) is 0.182. The third-order valence-corrected chi connectivity index (χ3v) is 2.51. The molecule has 0 saturated carbocycles. The summed E-state index contributed by atoms with van der Waals surface area (Å²) in [7, 11) is 1.71. The van der Waals surface area contributed by atoms with Crippen molar-refractivity contribution >= 4 is 11.7 Å². The van der Waals surface area contributed by atoms with E-state index < -0.39 is 5.91 Å². The van der Waals surface area contributed by atoms with Crippen LogP contribution >= 0.6 is 0 Å². The van der Waals surface area contributed by atoms with Crippen molar-refractivity contribution in [1.82, 2.24) is 20.1 Å². The van der Waals surface area contributed by atoms with Gasteiger partial charge in [0.2, 0.25) is 0 Å². The number of aryl methyl sites for hydroxylation is 1. The molecule has 18 heavy (non-hydrogen) atoms. The van der Waals surface area contributed by atoms with Gasteiger partial charge in [-0.3, -0.25) is 9.48 Å². The fourth-order valence-corrected chi connectivity index (χ4v) is 1.46. The molecule has 0 fully saturated rings. The zero-order valence-electron chi connectivity index (χ0n) is 9.79. The molecular formula is C11H13N5O2. The Morgan fingerprint density at radius 3 is 3.00 bits per heavy atom. The molecule has 0 saturated heterocycles. The first-order chi connectivity index (χ1) is 8.59. The van der Waals surface area contributed by atoms with Crippen molar-refractivity contribution in [2.75, 3.05) is 5.73 Å². The van der Waals surface area contributed by atoms with Crippen LogP contribution < -0.4 is 11.1 Å². The van der Waals surface area contributed by atoms with Crippen LogP contribution in [0.3, 0.4) is 0 Å². The molecule has 2 heterocycles. The number of carbonyl (C=O) groups excluding carboxylic acids is 1. The lowest BCUT2D eigenvalue weighted by atomic mass is 10.3. The normalized spacial score (nSPS) is 10.3. The highest BCUT2D eigenvalue weighted by Crippen LogP contribution is 2.13. The molecule has 1 amide bonds. The van der Waals surface area contributed by atoms with Crippen LogP contribution in [0.2, 0.25) is 0 Å². The molecule has 7 nitrogen and oxygen atoms in total. The number of nitrogen functional groups attached to an aromatic ring is 1. The summed E-state index contributed by atoms with van der Waals surface area (Å²) >= 11 is 0. The molecule has 0 aliphatic carbocycles. The Balaban J connectivity index is 2.05. The summed E-state index contributed by atoms with van der Waals surface area (Å²) < 4.78 is 1.51. The highest BCUT2D eigenvalue weighted by Gasteiger charge is 2.13. The second kappa shape index (κ2) is 4.74. The number of nitrogens with zero attached hydrogens (tertiary/aromatic N) is 3. The van der Waals surface area contributed by atoms with Gasteiger partial charge >= 0.3 is 0 Å². The standard InChI is InChI=1S/C11H13N5O2/c1-16-10(12)7(6-15-16)5-14-11(18)9-8(17)3-2-4-13-9/h2-4,6,17H,5,12H2,1H3,(H,14,18). The third-order valence-electron chi connectivity index (χ3n) is 2.51. The Labute approximate surface area is 103 Å². The highest BCUT2D eigenvalue weighted by atomic mass is 16.3. The lowest BCUT2D eigenvalue weighted by Crippen LogP contribution is -2.24. The zero-order valence-corrected chi connectivity index (χ0v) is 9.79. The number of nitrogens with two attached hydrogens (primary N) is 1. The number of hydrogen-bond donors (Lipinski definition) is 3. The van der Waals surface area contributed by atoms with Crippen molar-refractivity contribution in [1.29, 1.82) is 0 Å². The predicted molar refractivity (Wildman–Crippen MR) is 64.7 cm³/mol. The molecule has 4 N–H and O–H groups in total. The number of hydrogen-bond acceptors (Lipinski definition) is 5. The first kappa shape index (κ1) is 11.9. The number of rotatable bonds is 3. The molecule has 94 valence electrons. The van der Waals surface area contributed by atoms with E-state index in [1.165, 1.54) is 16.9 Å². The van der Waals surface area contributed by atoms with Gasteiger partial charge in [-0.25, -0.2) is 4.98 Å². The lowest BCUT2D eigenvalue weighted by molar-refractivity contribution is 0.0943. The van der Waals surface area contributed by atoms with Gasteiger partial charge in [0.25, 0.3) is 5.91 Å². The van der Waals surface area contributed by atoms with Gasteiger partial charge in [0, 0.05) is 25.4 Å². The molecule has 2 aromatic heterocycles. The van der Waals surface area contributed by atoms with Crippen LogP contribution in [0.15, 0.2) is 24.5 Å². The number of nitrogens with one attached hydrogen (secondary N) is 1. The molecule has 2 aromatic rings. The van der Waals surface area contributed by atoms with E-state index in [0.29, 0.717) is 11.4 Å². The van der Waals surface area contributed by atoms with E-state index in [1.807, 2.05) is 0 Å². The second-order valence-corrected chi connectivity index (χ2v) is 3.73. The van der Waals surface area contributed by atoms with Gasteiger partial charge in [0.05, 0.1) is 6.20 Å². The van der Waals surface area contributed by atoms with Crippen LogP contribution in [0.25, 0.3) is 0 Å². The van der Waals surface area contributed by atoms with Crippen LogP contribution in [-0.2, 0) is 13.6 Å². The molecule has 0 radical (unpaired) electrons. The van der Waals surface area contributed by atoms with Crippen LogP contribution in [0, 0.1) is 0 Å². The molecule has 0 aliphatic rings. The summed E-state index contributed by atoms with van der Waals surface area (Å²) in [5, 5.41) is 16.0. The highest BCUT2D eigenvalue weighted by molar-refractivity contribution is 5.94. The number of amides is 1. The van der Waals surface area contributed by atoms with Crippen molar-refractivity contribution in [2.45, 2.75) is 6.54 Å². The lowest BCUT2D eigenvalue weighted by Gasteiger charge is -2.05. The fourth-order valence-electron chi connectivity index (χ4n) is 1.46. The predicted octanol–water partition coefficient (Wildman–Crippen LogP) is 0.0329. The zero-order chi connectivity index (χ0) is 13.1. The van der Waals surface area contributed by atoms with Crippen molar-refractivity contribution in [3.8, 4) is 5.75 Å². The van der Waals surface area contributed by atoms with E-state index in [4.69, 9.17) is 5.73 Å². The quantitative estimate of drug-likeness (QED) is 0.709. The van der Waals surface area contributed by atoms with E-state index in [-0.39, 0.29) is 18.0 Å². The molecule has 0 atom stereocenters. The van der Waals surface area contributed by atoms with Crippen LogP contribution in [0.1, 0.15) is 16.1 Å². The molecule has 0 aromatic carbocycles. The van der Waals surface area contributed by atoms with Crippen molar-refractivity contribution in [3.05, 3.63) is 35.8 Å². The topological polar surface area (TPSA) is 106 Å². The maximum atomic E-state index is 11.8. The molecule has 0 bridgehead atoms. The third kappa shape index (κ3) is 2.24. The van der Waals surface area contributed by atoms with Gasteiger partial charge in [-0.1, -0.05) is 0 Å². The van der Waals surface area contributed by atoms with E-state index in [2.05, 4.69) is 15.4 Å². The van der Waals surface area contributed by atoms with Crippen molar-refractivity contribution in [2.24, 2.45) is 7.05 Å². The Morgan fingerprint density at radius 1 is 1.61 bits per heavy atom. The van der Waals surface area contributed by atoms with Gasteiger partial charge in [-0.2, -0.15) is 5.10 Å². The molecule has 7 heteroatoms. The largest absolute Gasteiger partial charge is 0.505 e.